The standard InChI is InChI=1S/C17H24F2N2O3/c1-23-12-17(5-7-20-8-6-17)16(22)21-10-13-3-2-4-14(9-13)24-11-15(18)19/h2-4,9,15,20H,5-8,10-12H2,1H3,(H,21,22). The van der Waals surface area contributed by atoms with Gasteiger partial charge in [-0.15, -0.1) is 0 Å². The van der Waals surface area contributed by atoms with Crippen LogP contribution in [0.15, 0.2) is 24.3 Å². The van der Waals surface area contributed by atoms with Crippen molar-refractivity contribution in [1.29, 1.82) is 0 Å². The molecule has 0 radical (unpaired) electrons. The third-order valence-electron chi connectivity index (χ3n) is 4.19. The maximum atomic E-state index is 12.6. The lowest BCUT2D eigenvalue weighted by Crippen LogP contribution is -2.49. The van der Waals surface area contributed by atoms with Crippen molar-refractivity contribution in [1.82, 2.24) is 10.6 Å². The first kappa shape index (κ1) is 18.6. The van der Waals surface area contributed by atoms with Crippen molar-refractivity contribution in [2.24, 2.45) is 5.41 Å². The van der Waals surface area contributed by atoms with Gasteiger partial charge in [0.05, 0.1) is 12.0 Å². The van der Waals surface area contributed by atoms with E-state index in [1.165, 1.54) is 0 Å². The first-order chi connectivity index (χ1) is 11.6. The number of nitrogens with one attached hydrogen (secondary N) is 2. The Morgan fingerprint density at radius 1 is 1.38 bits per heavy atom. The topological polar surface area (TPSA) is 59.6 Å². The van der Waals surface area contributed by atoms with Crippen LogP contribution in [-0.2, 0) is 16.1 Å². The highest BCUT2D eigenvalue weighted by molar-refractivity contribution is 5.83. The summed E-state index contributed by atoms with van der Waals surface area (Å²) in [4.78, 5) is 12.6. The Hall–Kier alpha value is -1.73. The number of alkyl halides is 2. The second-order valence-electron chi connectivity index (χ2n) is 6.00. The number of methoxy groups -OCH3 is 1. The molecule has 5 nitrogen and oxygen atoms in total. The number of hydrogen-bond donors (Lipinski definition) is 2. The van der Waals surface area contributed by atoms with Crippen molar-refractivity contribution < 1.29 is 23.0 Å². The van der Waals surface area contributed by atoms with E-state index in [9.17, 15) is 13.6 Å². The first-order valence-corrected chi connectivity index (χ1v) is 8.03. The molecule has 1 aromatic carbocycles. The molecule has 1 aliphatic heterocycles. The number of halogens is 2. The van der Waals surface area contributed by atoms with Gasteiger partial charge in [-0.1, -0.05) is 12.1 Å². The van der Waals surface area contributed by atoms with Crippen molar-refractivity contribution in [3.8, 4) is 5.75 Å². The Morgan fingerprint density at radius 2 is 2.12 bits per heavy atom. The minimum atomic E-state index is -2.51. The quantitative estimate of drug-likeness (QED) is 0.758. The largest absolute Gasteiger partial charge is 0.488 e. The normalized spacial score (nSPS) is 16.8. The van der Waals surface area contributed by atoms with Crippen molar-refractivity contribution in [3.05, 3.63) is 29.8 Å². The molecule has 2 N–H and O–H groups in total. The molecule has 0 spiro atoms. The molecule has 7 heteroatoms. The molecule has 0 unspecified atom stereocenters. The summed E-state index contributed by atoms with van der Waals surface area (Å²) in [6.45, 7) is 1.64. The number of ether oxygens (including phenoxy) is 2. The van der Waals surface area contributed by atoms with E-state index in [0.717, 1.165) is 31.5 Å². The zero-order valence-electron chi connectivity index (χ0n) is 13.8. The second-order valence-corrected chi connectivity index (χ2v) is 6.00. The third kappa shape index (κ3) is 5.14. The van der Waals surface area contributed by atoms with Gasteiger partial charge in [-0.05, 0) is 43.6 Å². The van der Waals surface area contributed by atoms with Crippen molar-refractivity contribution >= 4 is 5.91 Å². The van der Waals surface area contributed by atoms with Crippen LogP contribution in [-0.4, -0.2) is 45.7 Å². The van der Waals surface area contributed by atoms with Gasteiger partial charge in [0.25, 0.3) is 6.43 Å². The van der Waals surface area contributed by atoms with Gasteiger partial charge >= 0.3 is 0 Å². The Labute approximate surface area is 140 Å². The fraction of sp³-hybridized carbons (Fsp3) is 0.588. The van der Waals surface area contributed by atoms with E-state index in [-0.39, 0.29) is 5.91 Å². The number of carbonyl (C=O) groups is 1. The second kappa shape index (κ2) is 8.94. The Bertz CT molecular complexity index is 529. The van der Waals surface area contributed by atoms with Crippen molar-refractivity contribution in [3.63, 3.8) is 0 Å². The summed E-state index contributed by atoms with van der Waals surface area (Å²) < 4.78 is 34.6. The number of benzene rings is 1. The lowest BCUT2D eigenvalue weighted by atomic mass is 9.78. The Kier molecular flexibility index (Phi) is 6.93. The van der Waals surface area contributed by atoms with Gasteiger partial charge in [0.15, 0.2) is 0 Å². The van der Waals surface area contributed by atoms with Crippen molar-refractivity contribution in [2.75, 3.05) is 33.4 Å². The molecule has 1 amide bonds. The van der Waals surface area contributed by atoms with Gasteiger partial charge in [0.2, 0.25) is 5.91 Å². The lowest BCUT2D eigenvalue weighted by molar-refractivity contribution is -0.136. The third-order valence-corrected chi connectivity index (χ3v) is 4.19. The smallest absolute Gasteiger partial charge is 0.272 e. The molecule has 0 atom stereocenters. The first-order valence-electron chi connectivity index (χ1n) is 8.03. The Balaban J connectivity index is 1.93. The van der Waals surface area contributed by atoms with Gasteiger partial charge in [0, 0.05) is 13.7 Å². The van der Waals surface area contributed by atoms with Gasteiger partial charge in [-0.2, -0.15) is 0 Å². The van der Waals surface area contributed by atoms with Crippen LogP contribution in [0.2, 0.25) is 0 Å². The van der Waals surface area contributed by atoms with Crippen LogP contribution >= 0.6 is 0 Å². The highest BCUT2D eigenvalue weighted by Crippen LogP contribution is 2.29. The molecule has 0 saturated carbocycles. The number of rotatable bonds is 8. The Morgan fingerprint density at radius 3 is 2.79 bits per heavy atom. The van der Waals surface area contributed by atoms with Crippen LogP contribution in [0.25, 0.3) is 0 Å². The van der Waals surface area contributed by atoms with Crippen LogP contribution in [0.4, 0.5) is 8.78 Å². The SMILES string of the molecule is COCC1(C(=O)NCc2cccc(OCC(F)F)c2)CCNCC1. The maximum Gasteiger partial charge on any atom is 0.272 e. The summed E-state index contributed by atoms with van der Waals surface area (Å²) in [5.74, 6) is 0.334. The van der Waals surface area contributed by atoms with Crippen LogP contribution in [0, 0.1) is 5.41 Å². The molecule has 1 fully saturated rings. The molecule has 0 bridgehead atoms. The molecule has 0 aliphatic carbocycles. The molecular formula is C17H24F2N2O3. The monoisotopic (exact) mass is 342 g/mol. The zero-order valence-corrected chi connectivity index (χ0v) is 13.8. The number of hydrogen-bond acceptors (Lipinski definition) is 4. The lowest BCUT2D eigenvalue weighted by Gasteiger charge is -2.35. The van der Waals surface area contributed by atoms with E-state index in [1.54, 1.807) is 25.3 Å². The molecule has 134 valence electrons. The van der Waals surface area contributed by atoms with E-state index < -0.39 is 18.4 Å². The molecule has 24 heavy (non-hydrogen) atoms. The summed E-state index contributed by atoms with van der Waals surface area (Å²) in [6.07, 6.45) is -1.06. The fourth-order valence-electron chi connectivity index (χ4n) is 2.89. The summed E-state index contributed by atoms with van der Waals surface area (Å²) in [5.41, 5.74) is 0.292. The minimum Gasteiger partial charge on any atom is -0.488 e. The van der Waals surface area contributed by atoms with E-state index in [2.05, 4.69) is 10.6 Å². The van der Waals surface area contributed by atoms with E-state index in [1.807, 2.05) is 6.07 Å². The van der Waals surface area contributed by atoms with Gasteiger partial charge < -0.3 is 20.1 Å². The molecule has 1 saturated heterocycles. The summed E-state index contributed by atoms with van der Waals surface area (Å²) in [7, 11) is 1.60. The average Bonchev–Trinajstić information content (AvgIpc) is 2.59. The minimum absolute atomic E-state index is 0.0373. The van der Waals surface area contributed by atoms with Gasteiger partial charge in [0.1, 0.15) is 12.4 Å². The molecule has 1 aliphatic rings. The van der Waals surface area contributed by atoms with Crippen LogP contribution < -0.4 is 15.4 Å². The zero-order chi connectivity index (χ0) is 17.4. The van der Waals surface area contributed by atoms with Crippen molar-refractivity contribution in [2.45, 2.75) is 25.8 Å². The summed E-state index contributed by atoms with van der Waals surface area (Å²) >= 11 is 0. The number of amides is 1. The van der Waals surface area contributed by atoms with Crippen LogP contribution in [0.1, 0.15) is 18.4 Å². The summed E-state index contributed by atoms with van der Waals surface area (Å²) in [6, 6.07) is 6.82. The predicted octanol–water partition coefficient (Wildman–Crippen LogP) is 1.96. The molecule has 1 heterocycles. The van der Waals surface area contributed by atoms with Gasteiger partial charge in [-0.25, -0.2) is 8.78 Å². The molecule has 0 aromatic heterocycles. The highest BCUT2D eigenvalue weighted by Gasteiger charge is 2.39. The molecule has 2 rings (SSSR count). The maximum absolute atomic E-state index is 12.6. The summed E-state index contributed by atoms with van der Waals surface area (Å²) in [5, 5.41) is 6.18. The average molecular weight is 342 g/mol. The van der Waals surface area contributed by atoms with Gasteiger partial charge in [-0.3, -0.25) is 4.79 Å². The predicted molar refractivity (Wildman–Crippen MR) is 86.2 cm³/mol. The molecule has 1 aromatic rings. The van der Waals surface area contributed by atoms with E-state index in [0.29, 0.717) is 18.9 Å². The number of carbonyl (C=O) groups excluding carboxylic acids is 1. The van der Waals surface area contributed by atoms with Crippen LogP contribution in [0.5, 0.6) is 5.75 Å². The van der Waals surface area contributed by atoms with E-state index >= 15 is 0 Å². The molecular weight excluding hydrogens is 318 g/mol. The fourth-order valence-corrected chi connectivity index (χ4v) is 2.89. The van der Waals surface area contributed by atoms with E-state index in [4.69, 9.17) is 9.47 Å². The van der Waals surface area contributed by atoms with Crippen LogP contribution in [0.3, 0.4) is 0 Å². The number of piperidine rings is 1. The highest BCUT2D eigenvalue weighted by atomic mass is 19.3.